The smallest absolute Gasteiger partial charge is 0.338 e. The number of hydrogen-bond donors (Lipinski definition) is 0. The minimum absolute atomic E-state index is 0.0175. The van der Waals surface area contributed by atoms with Gasteiger partial charge in [0.1, 0.15) is 11.9 Å². The van der Waals surface area contributed by atoms with Crippen LogP contribution in [0, 0.1) is 31.0 Å². The molecular formula is C20H18FNO2. The largest absolute Gasteiger partial charge is 0.465 e. The van der Waals surface area contributed by atoms with Gasteiger partial charge in [-0.3, -0.25) is 0 Å². The molecule has 0 aliphatic rings. The normalized spacial score (nSPS) is 10.1. The van der Waals surface area contributed by atoms with Crippen LogP contribution >= 0.6 is 0 Å². The van der Waals surface area contributed by atoms with Gasteiger partial charge in [0.2, 0.25) is 0 Å². The molecule has 122 valence electrons. The fraction of sp³-hybridized carbons (Fsp3) is 0.200. The van der Waals surface area contributed by atoms with Crippen molar-refractivity contribution in [1.82, 2.24) is 0 Å². The first-order chi connectivity index (χ1) is 11.4. The van der Waals surface area contributed by atoms with E-state index in [0.29, 0.717) is 12.0 Å². The Kier molecular flexibility index (Phi) is 5.15. The van der Waals surface area contributed by atoms with E-state index < -0.39 is 11.8 Å². The van der Waals surface area contributed by atoms with Crippen LogP contribution in [-0.2, 0) is 11.2 Å². The second-order valence-corrected chi connectivity index (χ2v) is 5.55. The Hall–Kier alpha value is -2.93. The van der Waals surface area contributed by atoms with E-state index in [9.17, 15) is 9.18 Å². The van der Waals surface area contributed by atoms with Crippen molar-refractivity contribution in [3.63, 3.8) is 0 Å². The topological polar surface area (TPSA) is 50.1 Å². The Bertz CT molecular complexity index is 863. The van der Waals surface area contributed by atoms with Crippen molar-refractivity contribution >= 4 is 12.0 Å². The standard InChI is InChI=1S/C20H18FNO2/c1-5-17-13(3)12(2)16(10-18(17)20(23)24-4)8-14-6-7-15(11-22)19(21)9-14/h5-7,9-10H,1,8H2,2-4H3. The molecular weight excluding hydrogens is 305 g/mol. The van der Waals surface area contributed by atoms with Gasteiger partial charge in [-0.1, -0.05) is 18.7 Å². The van der Waals surface area contributed by atoms with E-state index >= 15 is 0 Å². The van der Waals surface area contributed by atoms with Gasteiger partial charge < -0.3 is 4.74 Å². The summed E-state index contributed by atoms with van der Waals surface area (Å²) in [4.78, 5) is 12.0. The molecule has 0 fully saturated rings. The molecule has 0 bridgehead atoms. The molecule has 0 radical (unpaired) electrons. The van der Waals surface area contributed by atoms with Gasteiger partial charge in [0.05, 0.1) is 18.2 Å². The summed E-state index contributed by atoms with van der Waals surface area (Å²) in [5.74, 6) is -0.972. The number of halogens is 1. The molecule has 2 aromatic carbocycles. The SMILES string of the molecule is C=Cc1c(C(=O)OC)cc(Cc2ccc(C#N)c(F)c2)c(C)c1C. The average molecular weight is 323 g/mol. The molecule has 24 heavy (non-hydrogen) atoms. The Morgan fingerprint density at radius 1 is 1.33 bits per heavy atom. The van der Waals surface area contributed by atoms with Crippen LogP contribution in [0.15, 0.2) is 30.8 Å². The molecule has 2 aromatic rings. The summed E-state index contributed by atoms with van der Waals surface area (Å²) < 4.78 is 18.6. The molecule has 0 amide bonds. The zero-order valence-corrected chi connectivity index (χ0v) is 13.9. The molecule has 0 aliphatic carbocycles. The van der Waals surface area contributed by atoms with Crippen LogP contribution in [0.2, 0.25) is 0 Å². The summed E-state index contributed by atoms with van der Waals surface area (Å²) in [6.07, 6.45) is 2.09. The fourth-order valence-electron chi connectivity index (χ4n) is 2.71. The van der Waals surface area contributed by atoms with E-state index in [1.807, 2.05) is 13.8 Å². The minimum atomic E-state index is -0.541. The maximum absolute atomic E-state index is 13.8. The molecule has 0 heterocycles. The van der Waals surface area contributed by atoms with Crippen molar-refractivity contribution in [2.45, 2.75) is 20.3 Å². The molecule has 3 nitrogen and oxygen atoms in total. The minimum Gasteiger partial charge on any atom is -0.465 e. The zero-order chi connectivity index (χ0) is 17.9. The van der Waals surface area contributed by atoms with Gasteiger partial charge in [-0.05, 0) is 66.3 Å². The van der Waals surface area contributed by atoms with E-state index in [1.165, 1.54) is 19.2 Å². The lowest BCUT2D eigenvalue weighted by Crippen LogP contribution is -2.08. The van der Waals surface area contributed by atoms with Gasteiger partial charge in [-0.15, -0.1) is 0 Å². The van der Waals surface area contributed by atoms with Crippen molar-refractivity contribution in [3.05, 3.63) is 75.6 Å². The second-order valence-electron chi connectivity index (χ2n) is 5.55. The molecule has 0 spiro atoms. The summed E-state index contributed by atoms with van der Waals surface area (Å²) in [7, 11) is 1.33. The summed E-state index contributed by atoms with van der Waals surface area (Å²) >= 11 is 0. The fourth-order valence-corrected chi connectivity index (χ4v) is 2.71. The molecule has 4 heteroatoms. The summed E-state index contributed by atoms with van der Waals surface area (Å²) in [6, 6.07) is 8.11. The molecule has 0 saturated heterocycles. The highest BCUT2D eigenvalue weighted by Gasteiger charge is 2.17. The molecule has 0 aromatic heterocycles. The molecule has 0 aliphatic heterocycles. The van der Waals surface area contributed by atoms with Crippen LogP contribution < -0.4 is 0 Å². The van der Waals surface area contributed by atoms with Crippen molar-refractivity contribution in [2.75, 3.05) is 7.11 Å². The Labute approximate surface area is 141 Å². The van der Waals surface area contributed by atoms with Crippen molar-refractivity contribution in [1.29, 1.82) is 5.26 Å². The van der Waals surface area contributed by atoms with E-state index in [-0.39, 0.29) is 5.56 Å². The van der Waals surface area contributed by atoms with Crippen molar-refractivity contribution in [2.24, 2.45) is 0 Å². The number of carbonyl (C=O) groups excluding carboxylic acids is 1. The Morgan fingerprint density at radius 2 is 2.04 bits per heavy atom. The first kappa shape index (κ1) is 17.4. The monoisotopic (exact) mass is 323 g/mol. The zero-order valence-electron chi connectivity index (χ0n) is 13.9. The number of nitriles is 1. The number of benzene rings is 2. The summed E-state index contributed by atoms with van der Waals surface area (Å²) in [6.45, 7) is 7.64. The first-order valence-electron chi connectivity index (χ1n) is 7.45. The number of methoxy groups -OCH3 is 1. The third-order valence-corrected chi connectivity index (χ3v) is 4.21. The molecule has 0 unspecified atom stereocenters. The predicted octanol–water partition coefficient (Wildman–Crippen LogP) is 4.33. The molecule has 0 N–H and O–H groups in total. The van der Waals surface area contributed by atoms with Crippen LogP contribution in [0.25, 0.3) is 6.08 Å². The van der Waals surface area contributed by atoms with Crippen LogP contribution in [0.3, 0.4) is 0 Å². The maximum atomic E-state index is 13.8. The van der Waals surface area contributed by atoms with Gasteiger partial charge in [0.25, 0.3) is 0 Å². The number of ether oxygens (including phenoxy) is 1. The number of nitrogens with zero attached hydrogens (tertiary/aromatic N) is 1. The van der Waals surface area contributed by atoms with Gasteiger partial charge >= 0.3 is 5.97 Å². The second kappa shape index (κ2) is 7.10. The highest BCUT2D eigenvalue weighted by molar-refractivity contribution is 5.94. The number of carbonyl (C=O) groups is 1. The van der Waals surface area contributed by atoms with Crippen LogP contribution in [-0.4, -0.2) is 13.1 Å². The lowest BCUT2D eigenvalue weighted by atomic mass is 9.90. The summed E-state index contributed by atoms with van der Waals surface area (Å²) in [5.41, 5.74) is 4.80. The highest BCUT2D eigenvalue weighted by atomic mass is 19.1. The van der Waals surface area contributed by atoms with E-state index in [0.717, 1.165) is 27.8 Å². The van der Waals surface area contributed by atoms with Crippen LogP contribution in [0.1, 0.15) is 43.7 Å². The van der Waals surface area contributed by atoms with Crippen molar-refractivity contribution < 1.29 is 13.9 Å². The van der Waals surface area contributed by atoms with E-state index in [2.05, 4.69) is 6.58 Å². The number of rotatable bonds is 4. The average Bonchev–Trinajstić information content (AvgIpc) is 2.58. The Morgan fingerprint density at radius 3 is 2.58 bits per heavy atom. The van der Waals surface area contributed by atoms with E-state index in [4.69, 9.17) is 10.00 Å². The number of esters is 1. The first-order valence-corrected chi connectivity index (χ1v) is 7.45. The number of hydrogen-bond acceptors (Lipinski definition) is 3. The van der Waals surface area contributed by atoms with Crippen molar-refractivity contribution in [3.8, 4) is 6.07 Å². The predicted molar refractivity (Wildman–Crippen MR) is 91.3 cm³/mol. The lowest BCUT2D eigenvalue weighted by molar-refractivity contribution is 0.0600. The quantitative estimate of drug-likeness (QED) is 0.787. The van der Waals surface area contributed by atoms with Crippen LogP contribution in [0.5, 0.6) is 0 Å². The molecule has 0 saturated carbocycles. The lowest BCUT2D eigenvalue weighted by Gasteiger charge is -2.16. The third-order valence-electron chi connectivity index (χ3n) is 4.21. The Balaban J connectivity index is 2.53. The van der Waals surface area contributed by atoms with Gasteiger partial charge in [0.15, 0.2) is 0 Å². The van der Waals surface area contributed by atoms with Gasteiger partial charge in [0, 0.05) is 0 Å². The highest BCUT2D eigenvalue weighted by Crippen LogP contribution is 2.26. The van der Waals surface area contributed by atoms with Gasteiger partial charge in [-0.2, -0.15) is 5.26 Å². The van der Waals surface area contributed by atoms with Gasteiger partial charge in [-0.25, -0.2) is 9.18 Å². The van der Waals surface area contributed by atoms with E-state index in [1.54, 1.807) is 24.3 Å². The third kappa shape index (κ3) is 3.21. The molecule has 0 atom stereocenters. The summed E-state index contributed by atoms with van der Waals surface area (Å²) in [5, 5.41) is 8.81. The van der Waals surface area contributed by atoms with Crippen LogP contribution in [0.4, 0.5) is 4.39 Å². The molecule has 2 rings (SSSR count). The maximum Gasteiger partial charge on any atom is 0.338 e.